The van der Waals surface area contributed by atoms with E-state index in [-0.39, 0.29) is 18.3 Å². The van der Waals surface area contributed by atoms with Gasteiger partial charge in [0.05, 0.1) is 17.9 Å². The molecule has 2 aromatic carbocycles. The van der Waals surface area contributed by atoms with E-state index in [0.717, 1.165) is 12.0 Å². The number of carbonyl (C=O) groups is 2. The lowest BCUT2D eigenvalue weighted by atomic mass is 10.1. The van der Waals surface area contributed by atoms with Crippen LogP contribution in [0.2, 0.25) is 0 Å². The van der Waals surface area contributed by atoms with Crippen molar-refractivity contribution >= 4 is 17.6 Å². The summed E-state index contributed by atoms with van der Waals surface area (Å²) < 4.78 is 10.5. The van der Waals surface area contributed by atoms with E-state index in [9.17, 15) is 14.7 Å². The molecule has 0 aliphatic carbocycles. The van der Waals surface area contributed by atoms with Gasteiger partial charge in [0.15, 0.2) is 6.61 Å². The molecule has 148 valence electrons. The molecule has 0 aromatic heterocycles. The Morgan fingerprint density at radius 2 is 1.64 bits per heavy atom. The van der Waals surface area contributed by atoms with Crippen molar-refractivity contribution in [2.75, 3.05) is 13.2 Å². The summed E-state index contributed by atoms with van der Waals surface area (Å²) in [5.41, 5.74) is 4.38. The first-order valence-corrected chi connectivity index (χ1v) is 9.08. The zero-order valence-electron chi connectivity index (χ0n) is 16.0. The van der Waals surface area contributed by atoms with Crippen molar-refractivity contribution in [2.24, 2.45) is 5.10 Å². The van der Waals surface area contributed by atoms with Crippen molar-refractivity contribution in [3.05, 3.63) is 59.7 Å². The molecule has 0 bridgehead atoms. The van der Waals surface area contributed by atoms with Gasteiger partial charge in [0.1, 0.15) is 11.5 Å². The minimum absolute atomic E-state index is 0.168. The summed E-state index contributed by atoms with van der Waals surface area (Å²) >= 11 is 0. The average Bonchev–Trinajstić information content (AvgIpc) is 2.72. The highest BCUT2D eigenvalue weighted by Gasteiger charge is 2.08. The summed E-state index contributed by atoms with van der Waals surface area (Å²) in [6, 6.07) is 13.0. The van der Waals surface area contributed by atoms with Crippen LogP contribution in [0.5, 0.6) is 11.5 Å². The monoisotopic (exact) mass is 384 g/mol. The number of hydrogen-bond acceptors (Lipinski definition) is 6. The molecule has 7 nitrogen and oxygen atoms in total. The van der Waals surface area contributed by atoms with E-state index in [4.69, 9.17) is 9.47 Å². The fraction of sp³-hybridized carbons (Fsp3) is 0.286. The second kappa shape index (κ2) is 10.7. The number of rotatable bonds is 9. The Hall–Kier alpha value is -3.35. The second-order valence-electron chi connectivity index (χ2n) is 5.94. The number of phenolic OH excluding ortho intramolecular Hbond substituents is 1. The third-order valence-electron chi connectivity index (χ3n) is 3.75. The fourth-order valence-electron chi connectivity index (χ4n) is 2.28. The van der Waals surface area contributed by atoms with Gasteiger partial charge in [0.2, 0.25) is 0 Å². The van der Waals surface area contributed by atoms with Crippen LogP contribution in [0.1, 0.15) is 42.6 Å². The van der Waals surface area contributed by atoms with Gasteiger partial charge in [-0.25, -0.2) is 10.2 Å². The van der Waals surface area contributed by atoms with Crippen LogP contribution in [0, 0.1) is 0 Å². The third-order valence-corrected chi connectivity index (χ3v) is 3.75. The first-order valence-electron chi connectivity index (χ1n) is 9.08. The number of nitrogens with zero attached hydrogens (tertiary/aromatic N) is 1. The van der Waals surface area contributed by atoms with Gasteiger partial charge < -0.3 is 14.6 Å². The van der Waals surface area contributed by atoms with Crippen LogP contribution in [-0.4, -0.2) is 35.9 Å². The van der Waals surface area contributed by atoms with Crippen molar-refractivity contribution in [3.63, 3.8) is 0 Å². The van der Waals surface area contributed by atoms with E-state index < -0.39 is 5.91 Å². The Morgan fingerprint density at radius 1 is 1.00 bits per heavy atom. The molecule has 0 unspecified atom stereocenters. The normalized spacial score (nSPS) is 11.0. The zero-order chi connectivity index (χ0) is 20.4. The highest BCUT2D eigenvalue weighted by atomic mass is 16.5. The van der Waals surface area contributed by atoms with Crippen LogP contribution < -0.4 is 10.2 Å². The third kappa shape index (κ3) is 6.42. The molecule has 0 heterocycles. The Kier molecular flexibility index (Phi) is 8.02. The number of benzene rings is 2. The molecule has 2 rings (SSSR count). The van der Waals surface area contributed by atoms with Crippen LogP contribution >= 0.6 is 0 Å². The number of esters is 1. The minimum Gasteiger partial charge on any atom is -0.508 e. The van der Waals surface area contributed by atoms with Crippen molar-refractivity contribution in [1.82, 2.24) is 5.43 Å². The van der Waals surface area contributed by atoms with Gasteiger partial charge in [-0.2, -0.15) is 5.10 Å². The summed E-state index contributed by atoms with van der Waals surface area (Å²) in [6.45, 7) is 4.01. The molecule has 28 heavy (non-hydrogen) atoms. The Balaban J connectivity index is 1.86. The maximum atomic E-state index is 12.0. The maximum Gasteiger partial charge on any atom is 0.338 e. The van der Waals surface area contributed by atoms with Gasteiger partial charge >= 0.3 is 5.97 Å². The van der Waals surface area contributed by atoms with Crippen molar-refractivity contribution < 1.29 is 24.2 Å². The molecule has 0 atom stereocenters. The largest absolute Gasteiger partial charge is 0.508 e. The summed E-state index contributed by atoms with van der Waals surface area (Å²) in [4.78, 5) is 23.7. The maximum absolute atomic E-state index is 12.0. The molecule has 0 aliphatic heterocycles. The molecular formula is C21H24N2O5. The van der Waals surface area contributed by atoms with Crippen molar-refractivity contribution in [1.29, 1.82) is 0 Å². The van der Waals surface area contributed by atoms with E-state index in [1.807, 2.05) is 13.8 Å². The molecule has 7 heteroatoms. The molecule has 0 spiro atoms. The predicted molar refractivity (Wildman–Crippen MR) is 106 cm³/mol. The molecule has 0 saturated carbocycles. The minimum atomic E-state index is -0.406. The standard InChI is InChI=1S/C21H24N2O5/c1-3-13-27-21(26)16-7-11-18(12-8-16)28-14-20(25)23-22-19(4-2)15-5-9-17(24)10-6-15/h5-12,24H,3-4,13-14H2,1-2H3,(H,23,25). The molecule has 0 saturated heterocycles. The quantitative estimate of drug-likeness (QED) is 0.393. The number of amides is 1. The average molecular weight is 384 g/mol. The highest BCUT2D eigenvalue weighted by Crippen LogP contribution is 2.13. The number of hydrazone groups is 1. The molecule has 0 fully saturated rings. The molecule has 0 radical (unpaired) electrons. The van der Waals surface area contributed by atoms with Gasteiger partial charge in [-0.15, -0.1) is 0 Å². The lowest BCUT2D eigenvalue weighted by molar-refractivity contribution is -0.123. The number of ether oxygens (including phenoxy) is 2. The smallest absolute Gasteiger partial charge is 0.338 e. The number of phenols is 1. The molecule has 1 amide bonds. The van der Waals surface area contributed by atoms with Gasteiger partial charge in [0, 0.05) is 0 Å². The Labute approximate surface area is 164 Å². The van der Waals surface area contributed by atoms with Crippen LogP contribution in [0.4, 0.5) is 0 Å². The SMILES string of the molecule is CCCOC(=O)c1ccc(OCC(=O)NN=C(CC)c2ccc(O)cc2)cc1. The predicted octanol–water partition coefficient (Wildman–Crippen LogP) is 3.27. The number of carbonyl (C=O) groups excluding carboxylic acids is 2. The molecule has 0 aliphatic rings. The number of aromatic hydroxyl groups is 1. The van der Waals surface area contributed by atoms with Crippen LogP contribution in [0.3, 0.4) is 0 Å². The molecular weight excluding hydrogens is 360 g/mol. The van der Waals surface area contributed by atoms with E-state index in [0.29, 0.717) is 30.1 Å². The van der Waals surface area contributed by atoms with Gasteiger partial charge in [-0.05, 0) is 66.9 Å². The zero-order valence-corrected chi connectivity index (χ0v) is 16.0. The van der Waals surface area contributed by atoms with E-state index >= 15 is 0 Å². The first-order chi connectivity index (χ1) is 13.5. The van der Waals surface area contributed by atoms with Gasteiger partial charge in [-0.1, -0.05) is 13.8 Å². The van der Waals surface area contributed by atoms with Crippen molar-refractivity contribution in [3.8, 4) is 11.5 Å². The highest BCUT2D eigenvalue weighted by molar-refractivity contribution is 6.01. The van der Waals surface area contributed by atoms with Crippen LogP contribution in [-0.2, 0) is 9.53 Å². The summed E-state index contributed by atoms with van der Waals surface area (Å²) in [6.07, 6.45) is 1.37. The fourth-order valence-corrected chi connectivity index (χ4v) is 2.28. The first kappa shape index (κ1) is 21.0. The van der Waals surface area contributed by atoms with Crippen molar-refractivity contribution in [2.45, 2.75) is 26.7 Å². The van der Waals surface area contributed by atoms with Gasteiger partial charge in [-0.3, -0.25) is 4.79 Å². The summed E-state index contributed by atoms with van der Waals surface area (Å²) in [7, 11) is 0. The van der Waals surface area contributed by atoms with Crippen LogP contribution in [0.15, 0.2) is 53.6 Å². The lowest BCUT2D eigenvalue weighted by Gasteiger charge is -2.08. The van der Waals surface area contributed by atoms with E-state index in [1.165, 1.54) is 0 Å². The summed E-state index contributed by atoms with van der Waals surface area (Å²) in [5.74, 6) is -0.167. The van der Waals surface area contributed by atoms with E-state index in [2.05, 4.69) is 10.5 Å². The topological polar surface area (TPSA) is 97.2 Å². The lowest BCUT2D eigenvalue weighted by Crippen LogP contribution is -2.26. The molecule has 2 aromatic rings. The Bertz CT molecular complexity index is 814. The molecule has 2 N–H and O–H groups in total. The number of hydrogen-bond donors (Lipinski definition) is 2. The Morgan fingerprint density at radius 3 is 2.25 bits per heavy atom. The second-order valence-corrected chi connectivity index (χ2v) is 5.94. The summed E-state index contributed by atoms with van der Waals surface area (Å²) in [5, 5.41) is 13.5. The van der Waals surface area contributed by atoms with E-state index in [1.54, 1.807) is 48.5 Å². The van der Waals surface area contributed by atoms with Crippen LogP contribution in [0.25, 0.3) is 0 Å². The van der Waals surface area contributed by atoms with Gasteiger partial charge in [0.25, 0.3) is 5.91 Å². The number of nitrogens with one attached hydrogen (secondary N) is 1.